The van der Waals surface area contributed by atoms with E-state index < -0.39 is 0 Å². The van der Waals surface area contributed by atoms with Crippen LogP contribution in [0.3, 0.4) is 0 Å². The Kier molecular flexibility index (Phi) is 2.64. The number of rotatable bonds is 3. The smallest absolute Gasteiger partial charge is 0.206 e. The van der Waals surface area contributed by atoms with Crippen molar-refractivity contribution in [1.82, 2.24) is 24.5 Å². The molecule has 2 aromatic heterocycles. The minimum absolute atomic E-state index is 0.711. The molecule has 0 fully saturated rings. The molecule has 1 aromatic carbocycles. The van der Waals surface area contributed by atoms with E-state index in [1.54, 1.807) is 10.9 Å². The van der Waals surface area contributed by atoms with Gasteiger partial charge in [0.1, 0.15) is 0 Å². The number of aromatic nitrogens is 5. The predicted octanol–water partition coefficient (Wildman–Crippen LogP) is 2.02. The molecular formula is C13H13N5. The van der Waals surface area contributed by atoms with Crippen molar-refractivity contribution in [2.24, 2.45) is 0 Å². The largest absolute Gasteiger partial charge is 0.254 e. The lowest BCUT2D eigenvalue weighted by molar-refractivity contribution is 0.748. The summed E-state index contributed by atoms with van der Waals surface area (Å²) in [6.45, 7) is 2.04. The van der Waals surface area contributed by atoms with E-state index in [2.05, 4.69) is 15.2 Å². The van der Waals surface area contributed by atoms with Crippen LogP contribution in [-0.4, -0.2) is 24.5 Å². The summed E-state index contributed by atoms with van der Waals surface area (Å²) in [6.07, 6.45) is 4.40. The second kappa shape index (κ2) is 4.44. The number of benzene rings is 1. The molecule has 0 aliphatic carbocycles. The van der Waals surface area contributed by atoms with Gasteiger partial charge >= 0.3 is 0 Å². The lowest BCUT2D eigenvalue weighted by Gasteiger charge is -2.04. The van der Waals surface area contributed by atoms with Crippen LogP contribution in [-0.2, 0) is 6.42 Å². The molecule has 0 atom stereocenters. The van der Waals surface area contributed by atoms with Gasteiger partial charge in [0.15, 0.2) is 5.82 Å². The Morgan fingerprint density at radius 2 is 1.94 bits per heavy atom. The standard InChI is InChI=1S/C13H13N5/c1-2-12-15-13(17-10-6-9-14-17)18(16-12)11-7-4-3-5-8-11/h3-10H,2H2,1H3. The summed E-state index contributed by atoms with van der Waals surface area (Å²) in [5, 5.41) is 8.71. The topological polar surface area (TPSA) is 48.5 Å². The molecule has 18 heavy (non-hydrogen) atoms. The predicted molar refractivity (Wildman–Crippen MR) is 67.9 cm³/mol. The highest BCUT2D eigenvalue weighted by atomic mass is 15.5. The van der Waals surface area contributed by atoms with Crippen LogP contribution in [0.4, 0.5) is 0 Å². The van der Waals surface area contributed by atoms with Crippen molar-refractivity contribution in [2.45, 2.75) is 13.3 Å². The number of hydrogen-bond acceptors (Lipinski definition) is 3. The summed E-state index contributed by atoms with van der Waals surface area (Å²) in [6, 6.07) is 11.8. The van der Waals surface area contributed by atoms with Gasteiger partial charge in [-0.2, -0.15) is 14.8 Å². The summed E-state index contributed by atoms with van der Waals surface area (Å²) < 4.78 is 3.53. The Bertz CT molecular complexity index is 625. The van der Waals surface area contributed by atoms with Crippen LogP contribution in [0, 0.1) is 0 Å². The van der Waals surface area contributed by atoms with E-state index in [4.69, 9.17) is 0 Å². The van der Waals surface area contributed by atoms with Crippen LogP contribution in [0.15, 0.2) is 48.8 Å². The van der Waals surface area contributed by atoms with Crippen molar-refractivity contribution >= 4 is 0 Å². The first-order valence-electron chi connectivity index (χ1n) is 5.90. The van der Waals surface area contributed by atoms with E-state index in [1.807, 2.05) is 54.2 Å². The van der Waals surface area contributed by atoms with Gasteiger partial charge in [-0.15, -0.1) is 5.10 Å². The zero-order chi connectivity index (χ0) is 12.4. The molecule has 0 bridgehead atoms. The summed E-state index contributed by atoms with van der Waals surface area (Å²) in [5.74, 6) is 1.52. The van der Waals surface area contributed by atoms with Crippen molar-refractivity contribution in [2.75, 3.05) is 0 Å². The second-order valence-corrected chi connectivity index (χ2v) is 3.88. The minimum Gasteiger partial charge on any atom is -0.206 e. The molecule has 2 heterocycles. The van der Waals surface area contributed by atoms with E-state index in [-0.39, 0.29) is 0 Å². The van der Waals surface area contributed by atoms with Crippen LogP contribution in [0.1, 0.15) is 12.7 Å². The molecule has 0 aliphatic heterocycles. The fraction of sp³-hybridized carbons (Fsp3) is 0.154. The molecular weight excluding hydrogens is 226 g/mol. The molecule has 5 nitrogen and oxygen atoms in total. The van der Waals surface area contributed by atoms with Gasteiger partial charge in [-0.05, 0) is 18.2 Å². The van der Waals surface area contributed by atoms with Crippen LogP contribution in [0.25, 0.3) is 11.6 Å². The molecule has 0 radical (unpaired) electrons. The lowest BCUT2D eigenvalue weighted by Crippen LogP contribution is -2.06. The van der Waals surface area contributed by atoms with Crippen molar-refractivity contribution in [3.05, 3.63) is 54.6 Å². The molecule has 5 heteroatoms. The van der Waals surface area contributed by atoms with Crippen molar-refractivity contribution < 1.29 is 0 Å². The van der Waals surface area contributed by atoms with Gasteiger partial charge in [-0.3, -0.25) is 0 Å². The maximum absolute atomic E-state index is 4.50. The molecule has 0 spiro atoms. The number of nitrogens with zero attached hydrogens (tertiary/aromatic N) is 5. The Labute approximate surface area is 105 Å². The average Bonchev–Trinajstić information content (AvgIpc) is 3.08. The van der Waals surface area contributed by atoms with E-state index in [0.717, 1.165) is 17.9 Å². The average molecular weight is 239 g/mol. The molecule has 0 saturated carbocycles. The number of hydrogen-bond donors (Lipinski definition) is 0. The third-order valence-electron chi connectivity index (χ3n) is 2.66. The maximum atomic E-state index is 4.50. The molecule has 0 aliphatic rings. The highest BCUT2D eigenvalue weighted by molar-refractivity contribution is 5.34. The van der Waals surface area contributed by atoms with Gasteiger partial charge in [0.05, 0.1) is 5.69 Å². The molecule has 90 valence electrons. The van der Waals surface area contributed by atoms with Gasteiger partial charge in [-0.25, -0.2) is 4.68 Å². The van der Waals surface area contributed by atoms with E-state index >= 15 is 0 Å². The third-order valence-corrected chi connectivity index (χ3v) is 2.66. The first-order valence-corrected chi connectivity index (χ1v) is 5.90. The van der Waals surface area contributed by atoms with Crippen molar-refractivity contribution in [1.29, 1.82) is 0 Å². The number of aryl methyl sites for hydroxylation is 1. The van der Waals surface area contributed by atoms with Crippen molar-refractivity contribution in [3.8, 4) is 11.6 Å². The zero-order valence-corrected chi connectivity index (χ0v) is 10.1. The van der Waals surface area contributed by atoms with Crippen molar-refractivity contribution in [3.63, 3.8) is 0 Å². The van der Waals surface area contributed by atoms with E-state index in [0.29, 0.717) is 5.95 Å². The molecule has 0 amide bonds. The molecule has 0 N–H and O–H groups in total. The highest BCUT2D eigenvalue weighted by Gasteiger charge is 2.12. The van der Waals surface area contributed by atoms with E-state index in [9.17, 15) is 0 Å². The Morgan fingerprint density at radius 3 is 2.61 bits per heavy atom. The second-order valence-electron chi connectivity index (χ2n) is 3.88. The molecule has 3 rings (SSSR count). The summed E-state index contributed by atoms with van der Waals surface area (Å²) in [4.78, 5) is 4.50. The Morgan fingerprint density at radius 1 is 1.11 bits per heavy atom. The SMILES string of the molecule is CCc1nc(-n2cccn2)n(-c2ccccc2)n1. The highest BCUT2D eigenvalue weighted by Crippen LogP contribution is 2.12. The minimum atomic E-state index is 0.711. The summed E-state index contributed by atoms with van der Waals surface area (Å²) in [7, 11) is 0. The van der Waals surface area contributed by atoms with Gasteiger partial charge < -0.3 is 0 Å². The molecule has 0 unspecified atom stereocenters. The molecule has 3 aromatic rings. The zero-order valence-electron chi connectivity index (χ0n) is 10.1. The van der Waals surface area contributed by atoms with Crippen LogP contribution < -0.4 is 0 Å². The van der Waals surface area contributed by atoms with Gasteiger partial charge in [0.25, 0.3) is 5.95 Å². The molecule has 0 saturated heterocycles. The first-order chi connectivity index (χ1) is 8.88. The van der Waals surface area contributed by atoms with Gasteiger partial charge in [0.2, 0.25) is 0 Å². The first kappa shape index (κ1) is 10.7. The monoisotopic (exact) mass is 239 g/mol. The quantitative estimate of drug-likeness (QED) is 0.702. The normalized spacial score (nSPS) is 10.7. The van der Waals surface area contributed by atoms with Crippen LogP contribution in [0.5, 0.6) is 0 Å². The lowest BCUT2D eigenvalue weighted by atomic mass is 10.3. The van der Waals surface area contributed by atoms with Gasteiger partial charge in [-0.1, -0.05) is 25.1 Å². The third kappa shape index (κ3) is 1.79. The Hall–Kier alpha value is -2.43. The van der Waals surface area contributed by atoms with Crippen LogP contribution >= 0.6 is 0 Å². The van der Waals surface area contributed by atoms with Gasteiger partial charge in [0, 0.05) is 18.8 Å². The summed E-state index contributed by atoms with van der Waals surface area (Å²) >= 11 is 0. The summed E-state index contributed by atoms with van der Waals surface area (Å²) in [5.41, 5.74) is 0.982. The van der Waals surface area contributed by atoms with Crippen LogP contribution in [0.2, 0.25) is 0 Å². The fourth-order valence-electron chi connectivity index (χ4n) is 1.77. The maximum Gasteiger partial charge on any atom is 0.254 e. The van der Waals surface area contributed by atoms with E-state index in [1.165, 1.54) is 0 Å². The Balaban J connectivity index is 2.17. The fourth-order valence-corrected chi connectivity index (χ4v) is 1.77. The number of para-hydroxylation sites is 1.